The van der Waals surface area contributed by atoms with Gasteiger partial charge in [-0.2, -0.15) is 0 Å². The Balaban J connectivity index is 1.39. The van der Waals surface area contributed by atoms with Crippen LogP contribution in [-0.4, -0.2) is 33.6 Å². The third-order valence-electron chi connectivity index (χ3n) is 6.27. The number of carbonyl (C=O) groups excluding carboxylic acids is 1. The SMILES string of the molecule is CC(C)Cc1ccc(S(=O)(=O)Nc2ccc(C3(C(=O)NC[C@H]4CCCO4)CC3)cc2)cc1. The highest BCUT2D eigenvalue weighted by atomic mass is 32.2. The summed E-state index contributed by atoms with van der Waals surface area (Å²) in [5, 5.41) is 3.04. The first kappa shape index (κ1) is 22.8. The molecule has 2 aliphatic rings. The van der Waals surface area contributed by atoms with Crippen molar-refractivity contribution in [3.8, 4) is 0 Å². The first-order valence-electron chi connectivity index (χ1n) is 11.4. The summed E-state index contributed by atoms with van der Waals surface area (Å²) in [6.07, 6.45) is 4.67. The molecule has 0 spiro atoms. The van der Waals surface area contributed by atoms with Crippen LogP contribution in [0.25, 0.3) is 0 Å². The number of sulfonamides is 1. The largest absolute Gasteiger partial charge is 0.376 e. The highest BCUT2D eigenvalue weighted by Crippen LogP contribution is 2.48. The number of hydrogen-bond acceptors (Lipinski definition) is 4. The second-order valence-corrected chi connectivity index (χ2v) is 11.0. The van der Waals surface area contributed by atoms with E-state index in [9.17, 15) is 13.2 Å². The Morgan fingerprint density at radius 3 is 2.34 bits per heavy atom. The number of benzene rings is 2. The summed E-state index contributed by atoms with van der Waals surface area (Å²) in [6.45, 7) is 5.59. The van der Waals surface area contributed by atoms with Gasteiger partial charge in [-0.1, -0.05) is 38.1 Å². The molecule has 1 aliphatic heterocycles. The number of amides is 1. The molecule has 1 saturated heterocycles. The van der Waals surface area contributed by atoms with Crippen LogP contribution in [0.15, 0.2) is 53.4 Å². The molecule has 2 aromatic rings. The molecule has 172 valence electrons. The van der Waals surface area contributed by atoms with E-state index >= 15 is 0 Å². The molecule has 2 N–H and O–H groups in total. The van der Waals surface area contributed by atoms with Crippen molar-refractivity contribution in [2.45, 2.75) is 62.4 Å². The summed E-state index contributed by atoms with van der Waals surface area (Å²) in [7, 11) is -3.67. The van der Waals surface area contributed by atoms with E-state index in [0.717, 1.165) is 49.8 Å². The predicted octanol–water partition coefficient (Wildman–Crippen LogP) is 4.01. The van der Waals surface area contributed by atoms with Crippen LogP contribution >= 0.6 is 0 Å². The van der Waals surface area contributed by atoms with E-state index < -0.39 is 15.4 Å². The molecule has 4 rings (SSSR count). The van der Waals surface area contributed by atoms with Crippen molar-refractivity contribution >= 4 is 21.6 Å². The van der Waals surface area contributed by atoms with Crippen molar-refractivity contribution in [1.82, 2.24) is 5.32 Å². The number of ether oxygens (including phenoxy) is 1. The van der Waals surface area contributed by atoms with Crippen molar-refractivity contribution in [2.24, 2.45) is 5.92 Å². The van der Waals surface area contributed by atoms with Gasteiger partial charge in [-0.25, -0.2) is 8.42 Å². The zero-order valence-electron chi connectivity index (χ0n) is 18.8. The standard InChI is InChI=1S/C25H32N2O4S/c1-18(2)16-19-5-11-23(12-6-19)32(29,30)27-21-9-7-20(8-10-21)25(13-14-25)24(28)26-17-22-4-3-15-31-22/h5-12,18,22,27H,3-4,13-17H2,1-2H3,(H,26,28)/t22-/m1/s1. The first-order chi connectivity index (χ1) is 15.3. The highest BCUT2D eigenvalue weighted by molar-refractivity contribution is 7.92. The monoisotopic (exact) mass is 456 g/mol. The van der Waals surface area contributed by atoms with Gasteiger partial charge in [0, 0.05) is 18.8 Å². The van der Waals surface area contributed by atoms with Gasteiger partial charge in [-0.05, 0) is 73.4 Å². The fourth-order valence-electron chi connectivity index (χ4n) is 4.30. The summed E-state index contributed by atoms with van der Waals surface area (Å²) in [4.78, 5) is 13.0. The molecule has 2 fully saturated rings. The van der Waals surface area contributed by atoms with Crippen LogP contribution < -0.4 is 10.0 Å². The number of carbonyl (C=O) groups is 1. The lowest BCUT2D eigenvalue weighted by Gasteiger charge is -2.18. The van der Waals surface area contributed by atoms with Gasteiger partial charge >= 0.3 is 0 Å². The van der Waals surface area contributed by atoms with E-state index in [1.807, 2.05) is 24.3 Å². The van der Waals surface area contributed by atoms with E-state index in [-0.39, 0.29) is 16.9 Å². The topological polar surface area (TPSA) is 84.5 Å². The maximum Gasteiger partial charge on any atom is 0.261 e. The molecule has 0 bridgehead atoms. The van der Waals surface area contributed by atoms with Gasteiger partial charge < -0.3 is 10.1 Å². The van der Waals surface area contributed by atoms with Gasteiger partial charge in [-0.3, -0.25) is 9.52 Å². The Kier molecular flexibility index (Phi) is 6.58. The summed E-state index contributed by atoms with van der Waals surface area (Å²) < 4.78 is 33.7. The van der Waals surface area contributed by atoms with Crippen molar-refractivity contribution in [2.75, 3.05) is 17.9 Å². The Bertz CT molecular complexity index is 1040. The van der Waals surface area contributed by atoms with Gasteiger partial charge in [0.15, 0.2) is 0 Å². The van der Waals surface area contributed by atoms with Crippen LogP contribution in [0.5, 0.6) is 0 Å². The molecule has 0 aromatic heterocycles. The molecule has 7 heteroatoms. The minimum atomic E-state index is -3.67. The van der Waals surface area contributed by atoms with Gasteiger partial charge in [0.25, 0.3) is 10.0 Å². The number of hydrogen-bond donors (Lipinski definition) is 2. The lowest BCUT2D eigenvalue weighted by molar-refractivity contribution is -0.124. The van der Waals surface area contributed by atoms with Crippen LogP contribution in [0.1, 0.15) is 50.7 Å². The molecule has 0 unspecified atom stereocenters. The average Bonchev–Trinajstić information content (AvgIpc) is 3.40. The number of anilines is 1. The van der Waals surface area contributed by atoms with E-state index in [4.69, 9.17) is 4.74 Å². The molecule has 32 heavy (non-hydrogen) atoms. The third-order valence-corrected chi connectivity index (χ3v) is 7.66. The number of nitrogens with one attached hydrogen (secondary N) is 2. The van der Waals surface area contributed by atoms with E-state index in [0.29, 0.717) is 18.2 Å². The van der Waals surface area contributed by atoms with Gasteiger partial charge in [-0.15, -0.1) is 0 Å². The summed E-state index contributed by atoms with van der Waals surface area (Å²) in [5.74, 6) is 0.546. The molecular formula is C25H32N2O4S. The zero-order chi connectivity index (χ0) is 22.8. The van der Waals surface area contributed by atoms with Gasteiger partial charge in [0.05, 0.1) is 16.4 Å². The predicted molar refractivity (Wildman–Crippen MR) is 125 cm³/mol. The van der Waals surface area contributed by atoms with Gasteiger partial charge in [0.2, 0.25) is 5.91 Å². The van der Waals surface area contributed by atoms with Gasteiger partial charge in [0.1, 0.15) is 0 Å². The maximum absolute atomic E-state index is 12.8. The third kappa shape index (κ3) is 5.15. The van der Waals surface area contributed by atoms with Crippen LogP contribution in [0.2, 0.25) is 0 Å². The van der Waals surface area contributed by atoms with Crippen molar-refractivity contribution in [1.29, 1.82) is 0 Å². The lowest BCUT2D eigenvalue weighted by atomic mass is 9.94. The molecular weight excluding hydrogens is 424 g/mol. The quantitative estimate of drug-likeness (QED) is 0.597. The lowest BCUT2D eigenvalue weighted by Crippen LogP contribution is -2.39. The Morgan fingerprint density at radius 1 is 1.09 bits per heavy atom. The normalized spacial score (nSPS) is 19.7. The Hall–Kier alpha value is -2.38. The smallest absolute Gasteiger partial charge is 0.261 e. The molecule has 6 nitrogen and oxygen atoms in total. The van der Waals surface area contributed by atoms with Crippen LogP contribution in [-0.2, 0) is 31.4 Å². The molecule has 1 heterocycles. The van der Waals surface area contributed by atoms with Crippen LogP contribution in [0.4, 0.5) is 5.69 Å². The molecule has 0 radical (unpaired) electrons. The molecule has 1 aliphatic carbocycles. The molecule has 1 saturated carbocycles. The first-order valence-corrected chi connectivity index (χ1v) is 12.9. The Labute approximate surface area is 190 Å². The summed E-state index contributed by atoms with van der Waals surface area (Å²) >= 11 is 0. The molecule has 1 atom stereocenters. The van der Waals surface area contributed by atoms with E-state index in [1.165, 1.54) is 0 Å². The molecule has 2 aromatic carbocycles. The molecule has 1 amide bonds. The number of rotatable bonds is 9. The fourth-order valence-corrected chi connectivity index (χ4v) is 5.36. The second kappa shape index (κ2) is 9.24. The summed E-state index contributed by atoms with van der Waals surface area (Å²) in [5.41, 5.74) is 2.03. The van der Waals surface area contributed by atoms with Crippen LogP contribution in [0, 0.1) is 5.92 Å². The summed E-state index contributed by atoms with van der Waals surface area (Å²) in [6, 6.07) is 14.2. The minimum absolute atomic E-state index is 0.0304. The Morgan fingerprint density at radius 2 is 1.78 bits per heavy atom. The van der Waals surface area contributed by atoms with Crippen molar-refractivity contribution in [3.63, 3.8) is 0 Å². The maximum atomic E-state index is 12.8. The van der Waals surface area contributed by atoms with Crippen molar-refractivity contribution < 1.29 is 17.9 Å². The highest BCUT2D eigenvalue weighted by Gasteiger charge is 2.51. The zero-order valence-corrected chi connectivity index (χ0v) is 19.6. The minimum Gasteiger partial charge on any atom is -0.376 e. The average molecular weight is 457 g/mol. The van der Waals surface area contributed by atoms with E-state index in [2.05, 4.69) is 23.9 Å². The van der Waals surface area contributed by atoms with E-state index in [1.54, 1.807) is 24.3 Å². The van der Waals surface area contributed by atoms with Crippen LogP contribution in [0.3, 0.4) is 0 Å². The second-order valence-electron chi connectivity index (χ2n) is 9.35. The fraction of sp³-hybridized carbons (Fsp3) is 0.480. The van der Waals surface area contributed by atoms with Crippen molar-refractivity contribution in [3.05, 3.63) is 59.7 Å².